The predicted molar refractivity (Wildman–Crippen MR) is 102 cm³/mol. The average Bonchev–Trinajstić information content (AvgIpc) is 2.62. The molecule has 26 heavy (non-hydrogen) atoms. The molecule has 2 aromatic carbocycles. The fourth-order valence-corrected chi connectivity index (χ4v) is 2.59. The number of anilines is 3. The van der Waals surface area contributed by atoms with E-state index in [9.17, 15) is 4.79 Å². The summed E-state index contributed by atoms with van der Waals surface area (Å²) in [5.41, 5.74) is 2.82. The van der Waals surface area contributed by atoms with Crippen molar-refractivity contribution in [3.05, 3.63) is 77.5 Å². The number of benzene rings is 2. The lowest BCUT2D eigenvalue weighted by atomic mass is 10.1. The maximum atomic E-state index is 11.1. The lowest BCUT2D eigenvalue weighted by Crippen LogP contribution is -2.10. The van der Waals surface area contributed by atoms with E-state index in [1.165, 1.54) is 0 Å². The van der Waals surface area contributed by atoms with Crippen LogP contribution >= 0.6 is 0 Å². The molecule has 0 aliphatic heterocycles. The van der Waals surface area contributed by atoms with Gasteiger partial charge in [0, 0.05) is 17.4 Å². The summed E-state index contributed by atoms with van der Waals surface area (Å²) in [6.45, 7) is 3.93. The molecule has 1 atom stereocenters. The van der Waals surface area contributed by atoms with E-state index in [0.29, 0.717) is 17.5 Å². The van der Waals surface area contributed by atoms with E-state index in [0.717, 1.165) is 11.3 Å². The molecule has 1 aromatic heterocycles. The van der Waals surface area contributed by atoms with Crippen molar-refractivity contribution in [2.24, 2.45) is 0 Å². The Morgan fingerprint density at radius 1 is 1.04 bits per heavy atom. The Hall–Kier alpha value is -3.41. The second-order valence-corrected chi connectivity index (χ2v) is 6.01. The standard InChI is InChI=1S/C20H20N4O2/c1-13-11-18(23-17-10-6-9-16(12-17)19(25)26)24-20(21-13)22-14(2)15-7-4-3-5-8-15/h3-12,14H,1-2H3,(H,25,26)(H2,21,22,23,24). The summed E-state index contributed by atoms with van der Waals surface area (Å²) in [6.07, 6.45) is 0. The minimum Gasteiger partial charge on any atom is -0.478 e. The van der Waals surface area contributed by atoms with Crippen LogP contribution in [0.15, 0.2) is 60.7 Å². The third-order valence-electron chi connectivity index (χ3n) is 3.88. The van der Waals surface area contributed by atoms with Crippen LogP contribution in [0.2, 0.25) is 0 Å². The maximum Gasteiger partial charge on any atom is 0.335 e. The molecule has 6 nitrogen and oxygen atoms in total. The maximum absolute atomic E-state index is 11.1. The lowest BCUT2D eigenvalue weighted by Gasteiger charge is -2.15. The minimum atomic E-state index is -0.966. The fraction of sp³-hybridized carbons (Fsp3) is 0.150. The second kappa shape index (κ2) is 7.65. The SMILES string of the molecule is Cc1cc(Nc2cccc(C(=O)O)c2)nc(NC(C)c2ccccc2)n1. The second-order valence-electron chi connectivity index (χ2n) is 6.01. The van der Waals surface area contributed by atoms with E-state index < -0.39 is 5.97 Å². The van der Waals surface area contributed by atoms with Crippen LogP contribution in [0.3, 0.4) is 0 Å². The summed E-state index contributed by atoms with van der Waals surface area (Å²) >= 11 is 0. The number of nitrogens with one attached hydrogen (secondary N) is 2. The quantitative estimate of drug-likeness (QED) is 0.612. The first kappa shape index (κ1) is 17.4. The summed E-state index contributed by atoms with van der Waals surface area (Å²) in [7, 11) is 0. The summed E-state index contributed by atoms with van der Waals surface area (Å²) in [5, 5.41) is 15.5. The Morgan fingerprint density at radius 3 is 2.54 bits per heavy atom. The van der Waals surface area contributed by atoms with Crippen LogP contribution in [0, 0.1) is 6.92 Å². The molecule has 3 rings (SSSR count). The molecular weight excluding hydrogens is 328 g/mol. The number of carbonyl (C=O) groups is 1. The van der Waals surface area contributed by atoms with Gasteiger partial charge in [-0.15, -0.1) is 0 Å². The van der Waals surface area contributed by atoms with Crippen LogP contribution in [0.5, 0.6) is 0 Å². The molecule has 3 N–H and O–H groups in total. The summed E-state index contributed by atoms with van der Waals surface area (Å²) in [5.74, 6) is 0.146. The predicted octanol–water partition coefficient (Wildman–Crippen LogP) is 4.40. The molecule has 6 heteroatoms. The molecular formula is C20H20N4O2. The number of carboxylic acids is 1. The molecule has 132 valence electrons. The largest absolute Gasteiger partial charge is 0.478 e. The van der Waals surface area contributed by atoms with Crippen LogP contribution in [-0.4, -0.2) is 21.0 Å². The van der Waals surface area contributed by atoms with Gasteiger partial charge in [0.15, 0.2) is 0 Å². The van der Waals surface area contributed by atoms with Crippen LogP contribution < -0.4 is 10.6 Å². The molecule has 0 aliphatic carbocycles. The van der Waals surface area contributed by atoms with Gasteiger partial charge < -0.3 is 15.7 Å². The molecule has 0 saturated heterocycles. The van der Waals surface area contributed by atoms with Crippen molar-refractivity contribution in [1.29, 1.82) is 0 Å². The minimum absolute atomic E-state index is 0.0567. The molecule has 0 bridgehead atoms. The van der Waals surface area contributed by atoms with E-state index in [1.54, 1.807) is 24.3 Å². The highest BCUT2D eigenvalue weighted by Gasteiger charge is 2.09. The zero-order valence-corrected chi connectivity index (χ0v) is 14.6. The first-order valence-electron chi connectivity index (χ1n) is 8.29. The van der Waals surface area contributed by atoms with Crippen LogP contribution in [0.25, 0.3) is 0 Å². The highest BCUT2D eigenvalue weighted by atomic mass is 16.4. The van der Waals surface area contributed by atoms with Crippen LogP contribution in [0.4, 0.5) is 17.5 Å². The van der Waals surface area contributed by atoms with E-state index in [4.69, 9.17) is 5.11 Å². The van der Waals surface area contributed by atoms with Gasteiger partial charge in [0.1, 0.15) is 5.82 Å². The summed E-state index contributed by atoms with van der Waals surface area (Å²) in [4.78, 5) is 20.0. The van der Waals surface area contributed by atoms with Crippen molar-refractivity contribution >= 4 is 23.4 Å². The first-order chi connectivity index (χ1) is 12.5. The van der Waals surface area contributed by atoms with Crippen LogP contribution in [0.1, 0.15) is 34.6 Å². The third kappa shape index (κ3) is 4.36. The van der Waals surface area contributed by atoms with Crippen molar-refractivity contribution in [3.8, 4) is 0 Å². The molecule has 0 saturated carbocycles. The van der Waals surface area contributed by atoms with Gasteiger partial charge >= 0.3 is 5.97 Å². The molecule has 0 fully saturated rings. The van der Waals surface area contributed by atoms with Gasteiger partial charge in [0.05, 0.1) is 11.6 Å². The molecule has 0 spiro atoms. The van der Waals surface area contributed by atoms with Gasteiger partial charge in [-0.1, -0.05) is 36.4 Å². The first-order valence-corrected chi connectivity index (χ1v) is 8.29. The normalized spacial score (nSPS) is 11.6. The Morgan fingerprint density at radius 2 is 1.81 bits per heavy atom. The number of nitrogens with zero attached hydrogens (tertiary/aromatic N) is 2. The van der Waals surface area contributed by atoms with Crippen molar-refractivity contribution < 1.29 is 9.90 Å². The van der Waals surface area contributed by atoms with Gasteiger partial charge in [-0.05, 0) is 37.6 Å². The summed E-state index contributed by atoms with van der Waals surface area (Å²) in [6, 6.07) is 18.5. The molecule has 3 aromatic rings. The van der Waals surface area contributed by atoms with Gasteiger partial charge in [-0.2, -0.15) is 4.98 Å². The van der Waals surface area contributed by atoms with E-state index in [1.807, 2.05) is 50.2 Å². The van der Waals surface area contributed by atoms with Gasteiger partial charge in [0.2, 0.25) is 5.95 Å². The van der Waals surface area contributed by atoms with Crippen molar-refractivity contribution in [1.82, 2.24) is 9.97 Å². The number of aromatic nitrogens is 2. The smallest absolute Gasteiger partial charge is 0.335 e. The average molecular weight is 348 g/mol. The van der Waals surface area contributed by atoms with Gasteiger partial charge in [0.25, 0.3) is 0 Å². The highest BCUT2D eigenvalue weighted by molar-refractivity contribution is 5.89. The lowest BCUT2D eigenvalue weighted by molar-refractivity contribution is 0.0697. The topological polar surface area (TPSA) is 87.1 Å². The zero-order valence-electron chi connectivity index (χ0n) is 14.6. The van der Waals surface area contributed by atoms with E-state index in [2.05, 4.69) is 20.6 Å². The number of aryl methyl sites for hydroxylation is 1. The molecule has 1 unspecified atom stereocenters. The van der Waals surface area contributed by atoms with Crippen LogP contribution in [-0.2, 0) is 0 Å². The Bertz CT molecular complexity index is 913. The van der Waals surface area contributed by atoms with Gasteiger partial charge in [-0.25, -0.2) is 9.78 Å². The van der Waals surface area contributed by atoms with Crippen molar-refractivity contribution in [2.45, 2.75) is 19.9 Å². The molecule has 0 aliphatic rings. The Labute approximate surface area is 152 Å². The molecule has 1 heterocycles. The van der Waals surface area contributed by atoms with Crippen molar-refractivity contribution in [2.75, 3.05) is 10.6 Å². The number of hydrogen-bond acceptors (Lipinski definition) is 5. The number of hydrogen-bond donors (Lipinski definition) is 3. The molecule has 0 radical (unpaired) electrons. The number of aromatic carboxylic acids is 1. The summed E-state index contributed by atoms with van der Waals surface area (Å²) < 4.78 is 0. The fourth-order valence-electron chi connectivity index (χ4n) is 2.59. The van der Waals surface area contributed by atoms with E-state index >= 15 is 0 Å². The van der Waals surface area contributed by atoms with Gasteiger partial charge in [-0.3, -0.25) is 0 Å². The van der Waals surface area contributed by atoms with E-state index in [-0.39, 0.29) is 11.6 Å². The Kier molecular flexibility index (Phi) is 5.12. The number of carboxylic acid groups (broad SMARTS) is 1. The van der Waals surface area contributed by atoms with Crippen molar-refractivity contribution in [3.63, 3.8) is 0 Å². The monoisotopic (exact) mass is 348 g/mol. The third-order valence-corrected chi connectivity index (χ3v) is 3.88. The highest BCUT2D eigenvalue weighted by Crippen LogP contribution is 2.21. The number of rotatable bonds is 6. The zero-order chi connectivity index (χ0) is 18.5. The Balaban J connectivity index is 1.79. The molecule has 0 amide bonds.